The van der Waals surface area contributed by atoms with Gasteiger partial charge in [-0.15, -0.1) is 0 Å². The van der Waals surface area contributed by atoms with Gasteiger partial charge in [0, 0.05) is 25.4 Å². The highest BCUT2D eigenvalue weighted by atomic mass is 16.2. The lowest BCUT2D eigenvalue weighted by Gasteiger charge is -2.21. The van der Waals surface area contributed by atoms with E-state index in [1.54, 1.807) is 24.2 Å². The predicted octanol–water partition coefficient (Wildman–Crippen LogP) is 1.57. The third kappa shape index (κ3) is 5.89. The van der Waals surface area contributed by atoms with Gasteiger partial charge in [0.25, 0.3) is 0 Å². The van der Waals surface area contributed by atoms with Crippen molar-refractivity contribution in [1.82, 2.24) is 20.2 Å². The van der Waals surface area contributed by atoms with Gasteiger partial charge in [0.05, 0.1) is 31.0 Å². The molecular weight excluding hydrogens is 304 g/mol. The molecule has 0 fully saturated rings. The fourth-order valence-electron chi connectivity index (χ4n) is 2.16. The molecule has 0 radical (unpaired) electrons. The summed E-state index contributed by atoms with van der Waals surface area (Å²) >= 11 is 0. The summed E-state index contributed by atoms with van der Waals surface area (Å²) in [6, 6.07) is 11.2. The van der Waals surface area contributed by atoms with Crippen LogP contribution in [0.15, 0.2) is 48.8 Å². The molecule has 0 aliphatic carbocycles. The third-order valence-electron chi connectivity index (χ3n) is 3.50. The van der Waals surface area contributed by atoms with E-state index in [0.717, 1.165) is 11.4 Å². The first-order valence-corrected chi connectivity index (χ1v) is 7.99. The molecule has 0 saturated carbocycles. The van der Waals surface area contributed by atoms with Crippen LogP contribution in [0.5, 0.6) is 0 Å². The summed E-state index contributed by atoms with van der Waals surface area (Å²) in [5, 5.41) is 3.07. The van der Waals surface area contributed by atoms with E-state index in [9.17, 15) is 9.59 Å². The molecule has 6 heteroatoms. The maximum absolute atomic E-state index is 12.5. The Bertz CT molecular complexity index is 647. The second-order valence-corrected chi connectivity index (χ2v) is 5.39. The lowest BCUT2D eigenvalue weighted by molar-refractivity contribution is -0.135. The smallest absolute Gasteiger partial charge is 0.237 e. The first-order chi connectivity index (χ1) is 11.7. The Hall–Kier alpha value is -2.60. The number of amides is 1. The molecule has 126 valence electrons. The molecule has 1 N–H and O–H groups in total. The second kappa shape index (κ2) is 9.52. The van der Waals surface area contributed by atoms with Crippen molar-refractivity contribution in [3.63, 3.8) is 0 Å². The molecule has 0 aliphatic heterocycles. The van der Waals surface area contributed by atoms with Gasteiger partial charge < -0.3 is 10.2 Å². The second-order valence-electron chi connectivity index (χ2n) is 5.39. The van der Waals surface area contributed by atoms with Crippen molar-refractivity contribution >= 4 is 11.7 Å². The fourth-order valence-corrected chi connectivity index (χ4v) is 2.16. The molecule has 2 aromatic heterocycles. The molecule has 0 aliphatic rings. The van der Waals surface area contributed by atoms with Crippen molar-refractivity contribution in [2.24, 2.45) is 0 Å². The highest BCUT2D eigenvalue weighted by Gasteiger charge is 2.17. The van der Waals surface area contributed by atoms with Gasteiger partial charge in [0.2, 0.25) is 5.91 Å². The molecule has 0 unspecified atom stereocenters. The van der Waals surface area contributed by atoms with Crippen LogP contribution in [-0.2, 0) is 22.7 Å². The van der Waals surface area contributed by atoms with E-state index in [4.69, 9.17) is 0 Å². The van der Waals surface area contributed by atoms with E-state index in [1.807, 2.05) is 36.4 Å². The maximum Gasteiger partial charge on any atom is 0.237 e. The number of pyridine rings is 2. The zero-order valence-electron chi connectivity index (χ0n) is 13.8. The van der Waals surface area contributed by atoms with Crippen LogP contribution in [0.3, 0.4) is 0 Å². The number of hydrogen-bond acceptors (Lipinski definition) is 5. The van der Waals surface area contributed by atoms with Crippen LogP contribution in [0.1, 0.15) is 24.7 Å². The largest absolute Gasteiger partial charge is 0.328 e. The molecule has 0 aromatic carbocycles. The Labute approximate surface area is 141 Å². The average Bonchev–Trinajstić information content (AvgIpc) is 2.62. The van der Waals surface area contributed by atoms with Crippen LogP contribution in [0, 0.1) is 0 Å². The Morgan fingerprint density at radius 2 is 1.71 bits per heavy atom. The fraction of sp³-hybridized carbons (Fsp3) is 0.333. The summed E-state index contributed by atoms with van der Waals surface area (Å²) in [5.41, 5.74) is 1.63. The summed E-state index contributed by atoms with van der Waals surface area (Å²) in [6.07, 6.45) is 3.80. The van der Waals surface area contributed by atoms with E-state index < -0.39 is 0 Å². The minimum atomic E-state index is -0.126. The number of nitrogens with zero attached hydrogens (tertiary/aromatic N) is 3. The van der Waals surface area contributed by atoms with Crippen molar-refractivity contribution in [3.05, 3.63) is 60.2 Å². The molecule has 0 atom stereocenters. The lowest BCUT2D eigenvalue weighted by Crippen LogP contribution is -2.40. The molecule has 0 bridgehead atoms. The van der Waals surface area contributed by atoms with Crippen molar-refractivity contribution in [1.29, 1.82) is 0 Å². The van der Waals surface area contributed by atoms with Gasteiger partial charge in [-0.1, -0.05) is 19.1 Å². The predicted molar refractivity (Wildman–Crippen MR) is 90.9 cm³/mol. The van der Waals surface area contributed by atoms with Crippen LogP contribution in [0.4, 0.5) is 0 Å². The SMILES string of the molecule is CCC(=O)CN(Cc1ccccn1)C(=O)CNCc1ccccn1. The number of ketones is 1. The van der Waals surface area contributed by atoms with Crippen molar-refractivity contribution < 1.29 is 9.59 Å². The van der Waals surface area contributed by atoms with Gasteiger partial charge in [-0.3, -0.25) is 19.6 Å². The molecular formula is C18H22N4O2. The van der Waals surface area contributed by atoms with Crippen LogP contribution in [-0.4, -0.2) is 39.6 Å². The van der Waals surface area contributed by atoms with Gasteiger partial charge >= 0.3 is 0 Å². The highest BCUT2D eigenvalue weighted by molar-refractivity contribution is 5.86. The highest BCUT2D eigenvalue weighted by Crippen LogP contribution is 2.03. The molecule has 2 heterocycles. The van der Waals surface area contributed by atoms with Crippen LogP contribution >= 0.6 is 0 Å². The van der Waals surface area contributed by atoms with E-state index >= 15 is 0 Å². The van der Waals surface area contributed by atoms with E-state index in [2.05, 4.69) is 15.3 Å². The molecule has 2 aromatic rings. The number of aromatic nitrogens is 2. The quantitative estimate of drug-likeness (QED) is 0.757. The third-order valence-corrected chi connectivity index (χ3v) is 3.50. The average molecular weight is 326 g/mol. The van der Waals surface area contributed by atoms with Crippen LogP contribution < -0.4 is 5.32 Å². The summed E-state index contributed by atoms with van der Waals surface area (Å²) < 4.78 is 0. The van der Waals surface area contributed by atoms with Crippen molar-refractivity contribution in [2.45, 2.75) is 26.4 Å². The molecule has 2 rings (SSSR count). The number of carbonyl (C=O) groups is 2. The maximum atomic E-state index is 12.5. The van der Waals surface area contributed by atoms with E-state index in [-0.39, 0.29) is 24.8 Å². The minimum Gasteiger partial charge on any atom is -0.328 e. The summed E-state index contributed by atoms with van der Waals surface area (Å²) in [5.74, 6) is -0.0950. The monoisotopic (exact) mass is 326 g/mol. The topological polar surface area (TPSA) is 75.2 Å². The Balaban J connectivity index is 1.92. The standard InChI is InChI=1S/C18H22N4O2/c1-2-17(23)14-22(13-16-8-4-6-10-21-16)18(24)12-19-11-15-7-3-5-9-20-15/h3-10,19H,2,11-14H2,1H3. The van der Waals surface area contributed by atoms with Gasteiger partial charge in [0.15, 0.2) is 5.78 Å². The molecule has 0 spiro atoms. The normalized spacial score (nSPS) is 10.4. The first-order valence-electron chi connectivity index (χ1n) is 7.99. The number of rotatable bonds is 9. The van der Waals surface area contributed by atoms with E-state index in [1.165, 1.54) is 0 Å². The summed E-state index contributed by atoms with van der Waals surface area (Å²) in [6.45, 7) is 2.89. The summed E-state index contributed by atoms with van der Waals surface area (Å²) in [7, 11) is 0. The number of hydrogen-bond donors (Lipinski definition) is 1. The van der Waals surface area contributed by atoms with Gasteiger partial charge in [-0.05, 0) is 24.3 Å². The van der Waals surface area contributed by atoms with Gasteiger partial charge in [-0.2, -0.15) is 0 Å². The lowest BCUT2D eigenvalue weighted by atomic mass is 10.2. The number of carbonyl (C=O) groups excluding carboxylic acids is 2. The number of Topliss-reactive ketones (excluding diaryl/α,β-unsaturated/α-hetero) is 1. The minimum absolute atomic E-state index is 0.0315. The van der Waals surface area contributed by atoms with Crippen molar-refractivity contribution in [3.8, 4) is 0 Å². The Kier molecular flexibility index (Phi) is 7.04. The first kappa shape index (κ1) is 17.7. The van der Waals surface area contributed by atoms with Crippen molar-refractivity contribution in [2.75, 3.05) is 13.1 Å². The molecule has 1 amide bonds. The van der Waals surface area contributed by atoms with Crippen LogP contribution in [0.25, 0.3) is 0 Å². The molecule has 0 saturated heterocycles. The van der Waals surface area contributed by atoms with Gasteiger partial charge in [-0.25, -0.2) is 0 Å². The van der Waals surface area contributed by atoms with E-state index in [0.29, 0.717) is 19.5 Å². The zero-order valence-corrected chi connectivity index (χ0v) is 13.8. The number of nitrogens with one attached hydrogen (secondary N) is 1. The molecule has 24 heavy (non-hydrogen) atoms. The van der Waals surface area contributed by atoms with Gasteiger partial charge in [0.1, 0.15) is 0 Å². The molecule has 6 nitrogen and oxygen atoms in total. The Morgan fingerprint density at radius 3 is 2.29 bits per heavy atom. The summed E-state index contributed by atoms with van der Waals surface area (Å²) in [4.78, 5) is 34.2. The Morgan fingerprint density at radius 1 is 1.04 bits per heavy atom. The van der Waals surface area contributed by atoms with Crippen LogP contribution in [0.2, 0.25) is 0 Å². The zero-order chi connectivity index (χ0) is 17.2.